The number of halogens is 2. The molecule has 11 aromatic rings. The van der Waals surface area contributed by atoms with Crippen LogP contribution in [0, 0.1) is 7.43 Å². The molecule has 0 spiro atoms. The molecule has 0 saturated carbocycles. The second kappa shape index (κ2) is 20.3. The number of hydrogen-bond donors (Lipinski definition) is 2. The Labute approximate surface area is 412 Å². The van der Waals surface area contributed by atoms with Crippen LogP contribution in [0.4, 0.5) is 0 Å². The van der Waals surface area contributed by atoms with E-state index in [1.54, 1.807) is 43.0 Å². The average molecular weight is 965 g/mol. The zero-order chi connectivity index (χ0) is 43.0. The fourth-order valence-electron chi connectivity index (χ4n) is 7.59. The first kappa shape index (κ1) is 47.4. The average Bonchev–Trinajstić information content (AvgIpc) is 3.97. The molecule has 0 saturated heterocycles. The first-order chi connectivity index (χ1) is 30.8. The maximum atomic E-state index is 9.94. The number of aromatic nitrogens is 10. The number of hydrogen-bond acceptors (Lipinski definition) is 10. The van der Waals surface area contributed by atoms with Gasteiger partial charge >= 0.3 is 23.1 Å². The van der Waals surface area contributed by atoms with E-state index in [2.05, 4.69) is 60.6 Å². The zero-order valence-electron chi connectivity index (χ0n) is 36.1. The van der Waals surface area contributed by atoms with Crippen LogP contribution in [-0.2, 0) is 0 Å². The molecule has 0 aliphatic carbocycles. The van der Waals surface area contributed by atoms with Gasteiger partial charge in [-0.3, -0.25) is 4.40 Å². The largest absolute Gasteiger partial charge is 2.00 e. The third-order valence-corrected chi connectivity index (χ3v) is 11.2. The van der Waals surface area contributed by atoms with Crippen LogP contribution < -0.4 is 17.0 Å². The van der Waals surface area contributed by atoms with E-state index in [1.807, 2.05) is 114 Å². The van der Waals surface area contributed by atoms with Gasteiger partial charge < -0.3 is 34.6 Å². The van der Waals surface area contributed by atoms with Gasteiger partial charge in [0.2, 0.25) is 11.6 Å². The molecule has 66 heavy (non-hydrogen) atoms. The predicted molar refractivity (Wildman–Crippen MR) is 258 cm³/mol. The SMILES string of the molecule is CC(O)c1ccc(-c2nc3ccn4c(-c5nc6ncccn6n5)nnc4c3cc2-c2ccccc2)cc1.CC(O)c1ccc(-c2nc3ccnc(Cl)c3cc2-c2ccccc2)cc1.[Br-].[CH3-].[Mg+2]. The van der Waals surface area contributed by atoms with Crippen molar-refractivity contribution >= 4 is 67.9 Å². The van der Waals surface area contributed by atoms with Gasteiger partial charge in [0.15, 0.2) is 5.65 Å². The van der Waals surface area contributed by atoms with Gasteiger partial charge in [-0.2, -0.15) is 4.98 Å². The molecule has 15 heteroatoms. The van der Waals surface area contributed by atoms with E-state index in [9.17, 15) is 10.2 Å². The van der Waals surface area contributed by atoms with Gasteiger partial charge in [0.05, 0.1) is 34.6 Å². The Kier molecular flexibility index (Phi) is 14.6. The summed E-state index contributed by atoms with van der Waals surface area (Å²) in [6, 6.07) is 45.8. The monoisotopic (exact) mass is 962 g/mol. The van der Waals surface area contributed by atoms with Crippen molar-refractivity contribution < 1.29 is 27.2 Å². The molecule has 0 aliphatic rings. The summed E-state index contributed by atoms with van der Waals surface area (Å²) in [6.45, 7) is 3.52. The summed E-state index contributed by atoms with van der Waals surface area (Å²) in [5.41, 5.74) is 11.8. The fourth-order valence-corrected chi connectivity index (χ4v) is 7.80. The maximum absolute atomic E-state index is 9.94. The summed E-state index contributed by atoms with van der Waals surface area (Å²) in [6.07, 6.45) is 6.01. The molecule has 0 aliphatic heterocycles. The second-order valence-electron chi connectivity index (χ2n) is 15.0. The molecule has 7 heterocycles. The van der Waals surface area contributed by atoms with Crippen LogP contribution in [0.25, 0.3) is 89.6 Å². The Morgan fingerprint density at radius 3 is 1.65 bits per heavy atom. The van der Waals surface area contributed by atoms with Gasteiger partial charge in [0, 0.05) is 57.8 Å². The molecule has 11 rings (SSSR count). The van der Waals surface area contributed by atoms with Gasteiger partial charge in [0.1, 0.15) is 5.15 Å². The molecule has 12 nitrogen and oxygen atoms in total. The number of nitrogens with zero attached hydrogens (tertiary/aromatic N) is 10. The van der Waals surface area contributed by atoms with E-state index in [4.69, 9.17) is 21.6 Å². The van der Waals surface area contributed by atoms with Crippen LogP contribution in [0.3, 0.4) is 0 Å². The molecule has 2 unspecified atom stereocenters. The molecular formula is C51H40BrClMgN10O2. The quantitative estimate of drug-likeness (QED) is 0.0933. The summed E-state index contributed by atoms with van der Waals surface area (Å²) in [4.78, 5) is 22.9. The van der Waals surface area contributed by atoms with Gasteiger partial charge in [0.25, 0.3) is 5.78 Å². The smallest absolute Gasteiger partial charge is 1.00 e. The topological polar surface area (TPSA) is 152 Å². The molecular weight excluding hydrogens is 924 g/mol. The molecule has 0 bridgehead atoms. The molecule has 0 amide bonds. The number of pyridine rings is 4. The first-order valence-corrected chi connectivity index (χ1v) is 20.7. The van der Waals surface area contributed by atoms with Crippen LogP contribution in [0.2, 0.25) is 5.15 Å². The minimum atomic E-state index is -0.527. The van der Waals surface area contributed by atoms with E-state index in [-0.39, 0.29) is 47.5 Å². The van der Waals surface area contributed by atoms with Gasteiger partial charge in [-0.25, -0.2) is 24.5 Å². The van der Waals surface area contributed by atoms with Crippen molar-refractivity contribution in [3.05, 3.63) is 188 Å². The van der Waals surface area contributed by atoms with Crippen molar-refractivity contribution in [2.24, 2.45) is 0 Å². The predicted octanol–water partition coefficient (Wildman–Crippen LogP) is 7.51. The maximum Gasteiger partial charge on any atom is 2.00 e. The van der Waals surface area contributed by atoms with E-state index in [1.165, 1.54) is 0 Å². The Bertz CT molecular complexity index is 3390. The molecule has 0 fully saturated rings. The molecule has 7 aromatic heterocycles. The second-order valence-corrected chi connectivity index (χ2v) is 15.4. The van der Waals surface area contributed by atoms with Gasteiger partial charge in [-0.1, -0.05) is 121 Å². The van der Waals surface area contributed by atoms with E-state index >= 15 is 0 Å². The van der Waals surface area contributed by atoms with Crippen LogP contribution in [0.15, 0.2) is 164 Å². The number of benzene rings is 4. The summed E-state index contributed by atoms with van der Waals surface area (Å²) >= 11 is 6.29. The van der Waals surface area contributed by atoms with Crippen molar-refractivity contribution in [3.63, 3.8) is 0 Å². The van der Waals surface area contributed by atoms with Gasteiger partial charge in [-0.05, 0) is 66.4 Å². The van der Waals surface area contributed by atoms with E-state index < -0.39 is 12.2 Å². The standard InChI is InChI=1S/C28H20N8O.C22H17ClN2O.CH3.BrH.Mg/c1-17(37)18-8-10-20(11-9-18)24-21(19-6-3-2-4-7-19)16-22-23(30-24)12-15-35-26(22)32-33-27(35)25-31-28-29-13-5-14-36(28)34-25;1-14(26)15-7-9-17(10-8-15)21-18(16-5-3-2-4-6-16)13-19-20(25-21)11-12-24-22(19)23;;;/h2-17,37H,1H3;2-14,26H,1H3;1H3;1H;/q;;-1;;+2/p-1. The minimum absolute atomic E-state index is 0. The third kappa shape index (κ3) is 9.29. The molecule has 4 aromatic carbocycles. The number of rotatable bonds is 7. The first-order valence-electron chi connectivity index (χ1n) is 20.3. The number of aliphatic hydroxyl groups is 2. The van der Waals surface area contributed by atoms with Crippen LogP contribution in [0.5, 0.6) is 0 Å². The minimum Gasteiger partial charge on any atom is -1.00 e. The van der Waals surface area contributed by atoms with Crippen molar-refractivity contribution in [1.82, 2.24) is 49.1 Å². The van der Waals surface area contributed by atoms with Crippen LogP contribution >= 0.6 is 11.6 Å². The Hall–Kier alpha value is -6.52. The molecule has 322 valence electrons. The normalized spacial score (nSPS) is 11.8. The summed E-state index contributed by atoms with van der Waals surface area (Å²) in [5, 5.41) is 35.3. The molecule has 0 radical (unpaired) electrons. The zero-order valence-corrected chi connectivity index (χ0v) is 39.8. The number of aliphatic hydroxyl groups excluding tert-OH is 2. The van der Waals surface area contributed by atoms with Gasteiger partial charge in [-0.15, -0.1) is 15.3 Å². The van der Waals surface area contributed by atoms with Crippen molar-refractivity contribution in [3.8, 4) is 56.4 Å². The Morgan fingerprint density at radius 2 is 1.11 bits per heavy atom. The fraction of sp³-hybridized carbons (Fsp3) is 0.0784. The van der Waals surface area contributed by atoms with Crippen molar-refractivity contribution in [1.29, 1.82) is 0 Å². The Balaban J connectivity index is 0.000000199. The third-order valence-electron chi connectivity index (χ3n) is 10.9. The number of fused-ring (bicyclic) bond motifs is 5. The van der Waals surface area contributed by atoms with Crippen LogP contribution in [0.1, 0.15) is 37.2 Å². The van der Waals surface area contributed by atoms with Crippen molar-refractivity contribution in [2.75, 3.05) is 0 Å². The van der Waals surface area contributed by atoms with E-state index in [0.29, 0.717) is 28.2 Å². The molecule has 2 N–H and O–H groups in total. The summed E-state index contributed by atoms with van der Waals surface area (Å²) < 4.78 is 3.49. The molecule has 2 atom stereocenters. The van der Waals surface area contributed by atoms with E-state index in [0.717, 1.165) is 77.7 Å². The summed E-state index contributed by atoms with van der Waals surface area (Å²) in [7, 11) is 0. The Morgan fingerprint density at radius 1 is 0.561 bits per heavy atom. The summed E-state index contributed by atoms with van der Waals surface area (Å²) in [5.74, 6) is 1.47. The van der Waals surface area contributed by atoms with Crippen molar-refractivity contribution in [2.45, 2.75) is 26.1 Å². The van der Waals surface area contributed by atoms with Crippen LogP contribution in [-0.4, -0.2) is 82.4 Å².